The van der Waals surface area contributed by atoms with Gasteiger partial charge in [-0.25, -0.2) is 14.8 Å². The van der Waals surface area contributed by atoms with E-state index in [0.29, 0.717) is 13.1 Å². The summed E-state index contributed by atoms with van der Waals surface area (Å²) in [5, 5.41) is 3.05. The number of fused-ring (bicyclic) bond motifs is 1. The first-order valence-electron chi connectivity index (χ1n) is 9.85. The standard InChI is InChI=1S/C21H27N5O/c1-15-8-4-5-9-18(15)24-21(27)26-13-10-19-17(14-26)20(23-16(2)22-19)25-11-6-3-7-12-25/h4-5,8-9H,3,6-7,10-14H2,1-2H3,(H,24,27). The van der Waals surface area contributed by atoms with Gasteiger partial charge in [-0.2, -0.15) is 0 Å². The van der Waals surface area contributed by atoms with Crippen LogP contribution in [0.5, 0.6) is 0 Å². The van der Waals surface area contributed by atoms with Gasteiger partial charge in [0.15, 0.2) is 0 Å². The molecule has 4 rings (SSSR count). The van der Waals surface area contributed by atoms with Crippen molar-refractivity contribution in [2.45, 2.75) is 46.1 Å². The molecule has 0 spiro atoms. The van der Waals surface area contributed by atoms with Gasteiger partial charge in [0.1, 0.15) is 11.6 Å². The highest BCUT2D eigenvalue weighted by atomic mass is 16.2. The minimum absolute atomic E-state index is 0.0554. The van der Waals surface area contributed by atoms with Crippen molar-refractivity contribution in [2.75, 3.05) is 29.9 Å². The van der Waals surface area contributed by atoms with E-state index in [-0.39, 0.29) is 6.03 Å². The fraction of sp³-hybridized carbons (Fsp3) is 0.476. The lowest BCUT2D eigenvalue weighted by Gasteiger charge is -2.34. The summed E-state index contributed by atoms with van der Waals surface area (Å²) in [6, 6.07) is 7.81. The summed E-state index contributed by atoms with van der Waals surface area (Å²) in [6.07, 6.45) is 4.47. The Morgan fingerprint density at radius 2 is 1.81 bits per heavy atom. The number of hydrogen-bond donors (Lipinski definition) is 1. The lowest BCUT2D eigenvalue weighted by molar-refractivity contribution is 0.206. The molecule has 0 atom stereocenters. The molecule has 1 aromatic carbocycles. The lowest BCUT2D eigenvalue weighted by atomic mass is 10.0. The number of amides is 2. The van der Waals surface area contributed by atoms with Gasteiger partial charge in [0.05, 0.1) is 12.2 Å². The average molecular weight is 365 g/mol. The highest BCUT2D eigenvalue weighted by Gasteiger charge is 2.27. The molecule has 2 aliphatic heterocycles. The van der Waals surface area contributed by atoms with Gasteiger partial charge < -0.3 is 15.1 Å². The van der Waals surface area contributed by atoms with Crippen LogP contribution in [0.15, 0.2) is 24.3 Å². The molecule has 0 saturated carbocycles. The number of aryl methyl sites for hydroxylation is 2. The molecule has 1 saturated heterocycles. The maximum Gasteiger partial charge on any atom is 0.322 e. The predicted molar refractivity (Wildman–Crippen MR) is 107 cm³/mol. The second-order valence-corrected chi connectivity index (χ2v) is 7.48. The molecule has 2 amide bonds. The molecule has 0 aliphatic carbocycles. The van der Waals surface area contributed by atoms with Gasteiger partial charge in [-0.15, -0.1) is 0 Å². The Kier molecular flexibility index (Phi) is 4.97. The Bertz CT molecular complexity index is 844. The molecule has 0 radical (unpaired) electrons. The average Bonchev–Trinajstić information content (AvgIpc) is 2.69. The largest absolute Gasteiger partial charge is 0.356 e. The van der Waals surface area contributed by atoms with E-state index in [1.807, 2.05) is 43.0 Å². The van der Waals surface area contributed by atoms with Crippen molar-refractivity contribution in [3.63, 3.8) is 0 Å². The number of piperidine rings is 1. The lowest BCUT2D eigenvalue weighted by Crippen LogP contribution is -2.41. The Hall–Kier alpha value is -2.63. The molecule has 1 N–H and O–H groups in total. The zero-order valence-corrected chi connectivity index (χ0v) is 16.2. The minimum atomic E-state index is -0.0554. The topological polar surface area (TPSA) is 61.4 Å². The van der Waals surface area contributed by atoms with Crippen LogP contribution in [0.2, 0.25) is 0 Å². The summed E-state index contributed by atoms with van der Waals surface area (Å²) in [5.74, 6) is 1.86. The molecule has 3 heterocycles. The number of anilines is 2. The first-order valence-corrected chi connectivity index (χ1v) is 9.85. The van der Waals surface area contributed by atoms with Crippen LogP contribution in [-0.4, -0.2) is 40.5 Å². The molecule has 1 fully saturated rings. The van der Waals surface area contributed by atoms with Crippen molar-refractivity contribution in [2.24, 2.45) is 0 Å². The molecule has 6 heteroatoms. The number of aromatic nitrogens is 2. The molecule has 142 valence electrons. The number of urea groups is 1. The Morgan fingerprint density at radius 1 is 1.04 bits per heavy atom. The minimum Gasteiger partial charge on any atom is -0.356 e. The normalized spacial score (nSPS) is 16.8. The second kappa shape index (κ2) is 7.55. The third-order valence-corrected chi connectivity index (χ3v) is 5.48. The van der Waals surface area contributed by atoms with Gasteiger partial charge in [0.25, 0.3) is 0 Å². The summed E-state index contributed by atoms with van der Waals surface area (Å²) in [7, 11) is 0. The van der Waals surface area contributed by atoms with E-state index in [1.165, 1.54) is 19.3 Å². The van der Waals surface area contributed by atoms with Crippen LogP contribution in [0.1, 0.15) is 41.9 Å². The Balaban J connectivity index is 1.56. The van der Waals surface area contributed by atoms with E-state index in [1.54, 1.807) is 0 Å². The zero-order valence-electron chi connectivity index (χ0n) is 16.2. The van der Waals surface area contributed by atoms with Crippen LogP contribution < -0.4 is 10.2 Å². The number of rotatable bonds is 2. The van der Waals surface area contributed by atoms with Crippen molar-refractivity contribution in [1.82, 2.24) is 14.9 Å². The smallest absolute Gasteiger partial charge is 0.322 e. The highest BCUT2D eigenvalue weighted by Crippen LogP contribution is 2.29. The van der Waals surface area contributed by atoms with Crippen LogP contribution in [0.25, 0.3) is 0 Å². The number of para-hydroxylation sites is 1. The van der Waals surface area contributed by atoms with E-state index in [9.17, 15) is 4.79 Å². The maximum atomic E-state index is 12.8. The Morgan fingerprint density at radius 3 is 2.59 bits per heavy atom. The van der Waals surface area contributed by atoms with Crippen LogP contribution in [-0.2, 0) is 13.0 Å². The van der Waals surface area contributed by atoms with E-state index in [4.69, 9.17) is 4.98 Å². The van der Waals surface area contributed by atoms with Gasteiger partial charge >= 0.3 is 6.03 Å². The predicted octanol–water partition coefficient (Wildman–Crippen LogP) is 3.67. The molecular formula is C21H27N5O. The Labute approximate surface area is 160 Å². The fourth-order valence-electron chi connectivity index (χ4n) is 3.97. The monoisotopic (exact) mass is 365 g/mol. The summed E-state index contributed by atoms with van der Waals surface area (Å²) >= 11 is 0. The van der Waals surface area contributed by atoms with Gasteiger partial charge in [-0.1, -0.05) is 18.2 Å². The van der Waals surface area contributed by atoms with Crippen molar-refractivity contribution in [3.05, 3.63) is 46.9 Å². The molecule has 27 heavy (non-hydrogen) atoms. The molecule has 0 bridgehead atoms. The first-order chi connectivity index (χ1) is 13.1. The number of carbonyl (C=O) groups excluding carboxylic acids is 1. The highest BCUT2D eigenvalue weighted by molar-refractivity contribution is 5.90. The van der Waals surface area contributed by atoms with E-state index in [0.717, 1.165) is 53.7 Å². The molecule has 2 aliphatic rings. The summed E-state index contributed by atoms with van der Waals surface area (Å²) in [6.45, 7) is 7.30. The summed E-state index contributed by atoms with van der Waals surface area (Å²) in [4.78, 5) is 26.5. The van der Waals surface area contributed by atoms with Crippen molar-refractivity contribution in [3.8, 4) is 0 Å². The van der Waals surface area contributed by atoms with Gasteiger partial charge in [-0.05, 0) is 44.7 Å². The maximum absolute atomic E-state index is 12.8. The summed E-state index contributed by atoms with van der Waals surface area (Å²) in [5.41, 5.74) is 4.15. The number of hydrogen-bond acceptors (Lipinski definition) is 4. The van der Waals surface area contributed by atoms with Crippen LogP contribution in [0.4, 0.5) is 16.3 Å². The van der Waals surface area contributed by atoms with E-state index < -0.39 is 0 Å². The van der Waals surface area contributed by atoms with Crippen LogP contribution >= 0.6 is 0 Å². The van der Waals surface area contributed by atoms with Gasteiger partial charge in [0, 0.05) is 37.3 Å². The van der Waals surface area contributed by atoms with Gasteiger partial charge in [-0.3, -0.25) is 0 Å². The third kappa shape index (κ3) is 3.75. The molecule has 1 aromatic heterocycles. The molecule has 6 nitrogen and oxygen atoms in total. The first kappa shape index (κ1) is 17.8. The third-order valence-electron chi connectivity index (χ3n) is 5.48. The number of nitrogens with one attached hydrogen (secondary N) is 1. The van der Waals surface area contributed by atoms with Crippen LogP contribution in [0, 0.1) is 13.8 Å². The van der Waals surface area contributed by atoms with Crippen molar-refractivity contribution >= 4 is 17.5 Å². The quantitative estimate of drug-likeness (QED) is 0.882. The molecule has 2 aromatic rings. The fourth-order valence-corrected chi connectivity index (χ4v) is 3.97. The van der Waals surface area contributed by atoms with Gasteiger partial charge in [0.2, 0.25) is 0 Å². The van der Waals surface area contributed by atoms with Crippen molar-refractivity contribution < 1.29 is 4.79 Å². The number of benzene rings is 1. The van der Waals surface area contributed by atoms with E-state index in [2.05, 4.69) is 15.2 Å². The molecule has 0 unspecified atom stereocenters. The second-order valence-electron chi connectivity index (χ2n) is 7.48. The van der Waals surface area contributed by atoms with E-state index >= 15 is 0 Å². The number of carbonyl (C=O) groups is 1. The number of nitrogens with zero attached hydrogens (tertiary/aromatic N) is 4. The van der Waals surface area contributed by atoms with Crippen molar-refractivity contribution in [1.29, 1.82) is 0 Å². The molecular weight excluding hydrogens is 338 g/mol. The summed E-state index contributed by atoms with van der Waals surface area (Å²) < 4.78 is 0. The van der Waals surface area contributed by atoms with Crippen LogP contribution in [0.3, 0.4) is 0 Å². The zero-order chi connectivity index (χ0) is 18.8. The SMILES string of the molecule is Cc1nc2c(c(N3CCCCC3)n1)CN(C(=O)Nc1ccccc1C)CC2.